The lowest BCUT2D eigenvalue weighted by Crippen LogP contribution is -2.38. The second-order valence-corrected chi connectivity index (χ2v) is 7.86. The summed E-state index contributed by atoms with van der Waals surface area (Å²) in [5.74, 6) is 1.85. The largest absolute Gasteiger partial charge is 0.496 e. The Labute approximate surface area is 169 Å². The molecule has 0 fully saturated rings. The molecular formula is C24H33NO3. The lowest BCUT2D eigenvalue weighted by atomic mass is 9.93. The summed E-state index contributed by atoms with van der Waals surface area (Å²) in [6, 6.07) is 10.1. The topological polar surface area (TPSA) is 47.6 Å². The van der Waals surface area contributed by atoms with Crippen LogP contribution in [0.15, 0.2) is 30.3 Å². The summed E-state index contributed by atoms with van der Waals surface area (Å²) in [6.45, 7) is 14.1. The summed E-state index contributed by atoms with van der Waals surface area (Å²) in [7, 11) is 1.69. The smallest absolute Gasteiger partial charge is 0.261 e. The third-order valence-electron chi connectivity index (χ3n) is 5.08. The van der Waals surface area contributed by atoms with Crippen LogP contribution in [0.3, 0.4) is 0 Å². The van der Waals surface area contributed by atoms with Crippen molar-refractivity contribution in [2.45, 2.75) is 66.5 Å². The number of hydrogen-bond acceptors (Lipinski definition) is 3. The van der Waals surface area contributed by atoms with Crippen molar-refractivity contribution in [2.75, 3.05) is 7.11 Å². The zero-order valence-electron chi connectivity index (χ0n) is 18.3. The van der Waals surface area contributed by atoms with Crippen molar-refractivity contribution in [1.82, 2.24) is 5.32 Å². The van der Waals surface area contributed by atoms with E-state index in [9.17, 15) is 4.79 Å². The maximum absolute atomic E-state index is 12.7. The van der Waals surface area contributed by atoms with Gasteiger partial charge in [0.2, 0.25) is 0 Å². The van der Waals surface area contributed by atoms with Crippen molar-refractivity contribution in [3.63, 3.8) is 0 Å². The minimum Gasteiger partial charge on any atom is -0.496 e. The maximum Gasteiger partial charge on any atom is 0.261 e. The first-order chi connectivity index (χ1) is 13.1. The van der Waals surface area contributed by atoms with E-state index in [-0.39, 0.29) is 11.9 Å². The molecule has 4 nitrogen and oxygen atoms in total. The lowest BCUT2D eigenvalue weighted by molar-refractivity contribution is -0.127. The number of methoxy groups -OCH3 is 1. The van der Waals surface area contributed by atoms with Gasteiger partial charge in [-0.25, -0.2) is 0 Å². The Balaban J connectivity index is 2.15. The SMILES string of the molecule is COc1cc(C)c([C@H](C)NC(=O)[C@@H](C)Oc2cc(C)ccc2C)cc1C(C)C. The number of rotatable bonds is 7. The second kappa shape index (κ2) is 9.13. The van der Waals surface area contributed by atoms with Crippen molar-refractivity contribution in [3.8, 4) is 11.5 Å². The average molecular weight is 384 g/mol. The summed E-state index contributed by atoms with van der Waals surface area (Å²) in [5.41, 5.74) is 5.46. The summed E-state index contributed by atoms with van der Waals surface area (Å²) < 4.78 is 11.4. The number of hydrogen-bond donors (Lipinski definition) is 1. The van der Waals surface area contributed by atoms with Gasteiger partial charge in [0, 0.05) is 0 Å². The molecule has 1 N–H and O–H groups in total. The summed E-state index contributed by atoms with van der Waals surface area (Å²) in [5, 5.41) is 3.09. The molecule has 4 heteroatoms. The Morgan fingerprint density at radius 2 is 1.57 bits per heavy atom. The van der Waals surface area contributed by atoms with Gasteiger partial charge in [0.25, 0.3) is 5.91 Å². The van der Waals surface area contributed by atoms with E-state index in [1.807, 2.05) is 52.0 Å². The number of benzene rings is 2. The van der Waals surface area contributed by atoms with Gasteiger partial charge >= 0.3 is 0 Å². The minimum atomic E-state index is -0.578. The molecule has 0 aliphatic rings. The fourth-order valence-corrected chi connectivity index (χ4v) is 3.30. The Bertz CT molecular complexity index is 842. The van der Waals surface area contributed by atoms with E-state index in [0.29, 0.717) is 5.92 Å². The molecule has 152 valence electrons. The van der Waals surface area contributed by atoms with Gasteiger partial charge in [-0.1, -0.05) is 26.0 Å². The van der Waals surface area contributed by atoms with Gasteiger partial charge < -0.3 is 14.8 Å². The number of carbonyl (C=O) groups excluding carboxylic acids is 1. The van der Waals surface area contributed by atoms with Crippen molar-refractivity contribution < 1.29 is 14.3 Å². The van der Waals surface area contributed by atoms with Crippen LogP contribution in [0.25, 0.3) is 0 Å². The molecular weight excluding hydrogens is 350 g/mol. The van der Waals surface area contributed by atoms with Crippen LogP contribution in [0.4, 0.5) is 0 Å². The maximum atomic E-state index is 12.7. The van der Waals surface area contributed by atoms with Gasteiger partial charge in [-0.2, -0.15) is 0 Å². The molecule has 0 bridgehead atoms. The lowest BCUT2D eigenvalue weighted by Gasteiger charge is -2.23. The monoisotopic (exact) mass is 383 g/mol. The molecule has 2 aromatic carbocycles. The summed E-state index contributed by atoms with van der Waals surface area (Å²) in [4.78, 5) is 12.7. The van der Waals surface area contributed by atoms with Gasteiger partial charge in [0.05, 0.1) is 13.2 Å². The van der Waals surface area contributed by atoms with E-state index in [2.05, 4.69) is 25.2 Å². The van der Waals surface area contributed by atoms with Crippen molar-refractivity contribution in [1.29, 1.82) is 0 Å². The van der Waals surface area contributed by atoms with E-state index in [0.717, 1.165) is 39.3 Å². The zero-order valence-corrected chi connectivity index (χ0v) is 18.3. The van der Waals surface area contributed by atoms with Crippen LogP contribution in [-0.4, -0.2) is 19.1 Å². The standard InChI is InChI=1S/C24H33NO3/c1-14(2)20-13-21(17(5)12-23(20)27-8)18(6)25-24(26)19(7)28-22-11-15(3)9-10-16(22)4/h9-14,18-19H,1-8H3,(H,25,26)/t18-,19+/m0/s1. The third kappa shape index (κ3) is 5.06. The first kappa shape index (κ1) is 21.8. The van der Waals surface area contributed by atoms with Crippen LogP contribution >= 0.6 is 0 Å². The second-order valence-electron chi connectivity index (χ2n) is 7.86. The molecule has 28 heavy (non-hydrogen) atoms. The van der Waals surface area contributed by atoms with E-state index in [1.54, 1.807) is 14.0 Å². The first-order valence-electron chi connectivity index (χ1n) is 9.86. The van der Waals surface area contributed by atoms with Crippen molar-refractivity contribution >= 4 is 5.91 Å². The number of aryl methyl sites for hydroxylation is 3. The predicted molar refractivity (Wildman–Crippen MR) is 114 cm³/mol. The number of carbonyl (C=O) groups is 1. The molecule has 2 rings (SSSR count). The van der Waals surface area contributed by atoms with Crippen LogP contribution in [0.2, 0.25) is 0 Å². The molecule has 0 saturated carbocycles. The van der Waals surface area contributed by atoms with Crippen LogP contribution in [-0.2, 0) is 4.79 Å². The molecule has 2 atom stereocenters. The van der Waals surface area contributed by atoms with Gasteiger partial charge in [-0.05, 0) is 86.6 Å². The summed E-state index contributed by atoms with van der Waals surface area (Å²) >= 11 is 0. The predicted octanol–water partition coefficient (Wildman–Crippen LogP) is 5.39. The van der Waals surface area contributed by atoms with E-state index < -0.39 is 6.10 Å². The molecule has 0 aliphatic heterocycles. The third-order valence-corrected chi connectivity index (χ3v) is 5.08. The number of amides is 1. The van der Waals surface area contributed by atoms with Gasteiger partial charge in [-0.3, -0.25) is 4.79 Å². The van der Waals surface area contributed by atoms with Gasteiger partial charge in [0.1, 0.15) is 11.5 Å². The number of ether oxygens (including phenoxy) is 2. The van der Waals surface area contributed by atoms with Crippen molar-refractivity contribution in [3.05, 3.63) is 58.1 Å². The molecule has 0 aromatic heterocycles. The van der Waals surface area contributed by atoms with E-state index >= 15 is 0 Å². The van der Waals surface area contributed by atoms with Gasteiger partial charge in [-0.15, -0.1) is 0 Å². The molecule has 2 aromatic rings. The quantitative estimate of drug-likeness (QED) is 0.697. The Morgan fingerprint density at radius 3 is 2.18 bits per heavy atom. The van der Waals surface area contributed by atoms with Crippen LogP contribution in [0, 0.1) is 20.8 Å². The molecule has 0 spiro atoms. The Kier molecular flexibility index (Phi) is 7.11. The fourth-order valence-electron chi connectivity index (χ4n) is 3.30. The van der Waals surface area contributed by atoms with Crippen LogP contribution in [0.5, 0.6) is 11.5 Å². The molecule has 1 amide bonds. The van der Waals surface area contributed by atoms with Gasteiger partial charge in [0.15, 0.2) is 6.10 Å². The first-order valence-corrected chi connectivity index (χ1v) is 9.86. The Hall–Kier alpha value is -2.49. The highest BCUT2D eigenvalue weighted by Crippen LogP contribution is 2.32. The average Bonchev–Trinajstić information content (AvgIpc) is 2.63. The van der Waals surface area contributed by atoms with Crippen LogP contribution < -0.4 is 14.8 Å². The summed E-state index contributed by atoms with van der Waals surface area (Å²) in [6.07, 6.45) is -0.578. The minimum absolute atomic E-state index is 0.124. The number of nitrogens with one attached hydrogen (secondary N) is 1. The normalized spacial score (nSPS) is 13.2. The molecule has 0 unspecified atom stereocenters. The highest BCUT2D eigenvalue weighted by atomic mass is 16.5. The zero-order chi connectivity index (χ0) is 21.0. The molecule has 0 aliphatic carbocycles. The fraction of sp³-hybridized carbons (Fsp3) is 0.458. The molecule has 0 saturated heterocycles. The van der Waals surface area contributed by atoms with E-state index in [4.69, 9.17) is 9.47 Å². The van der Waals surface area contributed by atoms with E-state index in [1.165, 1.54) is 0 Å². The molecule has 0 radical (unpaired) electrons. The highest BCUT2D eigenvalue weighted by Gasteiger charge is 2.21. The highest BCUT2D eigenvalue weighted by molar-refractivity contribution is 5.81. The van der Waals surface area contributed by atoms with Crippen LogP contribution in [0.1, 0.15) is 67.5 Å². The molecule has 0 heterocycles. The van der Waals surface area contributed by atoms with Crippen molar-refractivity contribution in [2.24, 2.45) is 0 Å². The Morgan fingerprint density at radius 1 is 0.893 bits per heavy atom.